The molecule has 0 aromatic heterocycles. The number of nitrogens with one attached hydrogen (secondary N) is 1. The molecule has 1 saturated heterocycles. The van der Waals surface area contributed by atoms with Crippen LogP contribution in [0.2, 0.25) is 0 Å². The van der Waals surface area contributed by atoms with Gasteiger partial charge in [0.2, 0.25) is 0 Å². The molecule has 1 rings (SSSR count). The van der Waals surface area contributed by atoms with Gasteiger partial charge in [-0.25, -0.2) is 0 Å². The second kappa shape index (κ2) is 6.32. The molecular formula is C12H27N3O2S. The molecule has 18 heavy (non-hydrogen) atoms. The van der Waals surface area contributed by atoms with E-state index >= 15 is 0 Å². The molecule has 1 aliphatic heterocycles. The average molecular weight is 277 g/mol. The summed E-state index contributed by atoms with van der Waals surface area (Å²) in [5.41, 5.74) is -0.241. The summed E-state index contributed by atoms with van der Waals surface area (Å²) in [5, 5.41) is 3.21. The predicted octanol–water partition coefficient (Wildman–Crippen LogP) is 1.04. The Labute approximate surface area is 112 Å². The molecule has 0 bridgehead atoms. The van der Waals surface area contributed by atoms with Crippen LogP contribution in [0.15, 0.2) is 0 Å². The maximum Gasteiger partial charge on any atom is 0.282 e. The van der Waals surface area contributed by atoms with Crippen molar-refractivity contribution in [1.82, 2.24) is 13.9 Å². The molecule has 0 aliphatic carbocycles. The topological polar surface area (TPSA) is 52.7 Å². The molecule has 0 radical (unpaired) electrons. The van der Waals surface area contributed by atoms with Crippen molar-refractivity contribution in [3.63, 3.8) is 0 Å². The molecule has 1 N–H and O–H groups in total. The third-order valence-corrected chi connectivity index (χ3v) is 5.78. The van der Waals surface area contributed by atoms with Crippen molar-refractivity contribution in [3.8, 4) is 0 Å². The van der Waals surface area contributed by atoms with Gasteiger partial charge in [0.05, 0.1) is 0 Å². The van der Waals surface area contributed by atoms with E-state index in [-0.39, 0.29) is 5.54 Å². The van der Waals surface area contributed by atoms with E-state index in [1.54, 1.807) is 11.4 Å². The van der Waals surface area contributed by atoms with Crippen LogP contribution < -0.4 is 5.32 Å². The van der Waals surface area contributed by atoms with E-state index in [0.717, 1.165) is 32.4 Å². The van der Waals surface area contributed by atoms with Gasteiger partial charge in [-0.15, -0.1) is 0 Å². The van der Waals surface area contributed by atoms with Crippen LogP contribution >= 0.6 is 0 Å². The first-order chi connectivity index (χ1) is 8.32. The lowest BCUT2D eigenvalue weighted by Crippen LogP contribution is -2.49. The summed E-state index contributed by atoms with van der Waals surface area (Å²) in [7, 11) is -1.62. The fourth-order valence-corrected chi connectivity index (χ4v) is 4.17. The molecule has 0 saturated carbocycles. The number of hydrogen-bond donors (Lipinski definition) is 1. The van der Waals surface area contributed by atoms with E-state index in [4.69, 9.17) is 0 Å². The van der Waals surface area contributed by atoms with E-state index in [0.29, 0.717) is 13.1 Å². The van der Waals surface area contributed by atoms with E-state index < -0.39 is 10.2 Å². The highest BCUT2D eigenvalue weighted by Crippen LogP contribution is 2.31. The molecule has 108 valence electrons. The van der Waals surface area contributed by atoms with Gasteiger partial charge < -0.3 is 5.32 Å². The first-order valence-electron chi connectivity index (χ1n) is 6.77. The summed E-state index contributed by atoms with van der Waals surface area (Å²) in [6.45, 7) is 9.06. The Morgan fingerprint density at radius 2 is 2.06 bits per heavy atom. The van der Waals surface area contributed by atoms with Gasteiger partial charge in [0.15, 0.2) is 0 Å². The van der Waals surface area contributed by atoms with Crippen LogP contribution in [-0.4, -0.2) is 55.8 Å². The zero-order valence-electron chi connectivity index (χ0n) is 12.1. The van der Waals surface area contributed by atoms with Crippen LogP contribution in [0.4, 0.5) is 0 Å². The second-order valence-electron chi connectivity index (χ2n) is 5.52. The molecule has 0 amide bonds. The van der Waals surface area contributed by atoms with Crippen LogP contribution in [0.5, 0.6) is 0 Å². The monoisotopic (exact) mass is 277 g/mol. The number of rotatable bonds is 7. The normalized spacial score (nSPS) is 20.7. The fourth-order valence-electron chi connectivity index (χ4n) is 2.40. The van der Waals surface area contributed by atoms with Gasteiger partial charge in [-0.2, -0.15) is 17.0 Å². The molecule has 0 spiro atoms. The van der Waals surface area contributed by atoms with Crippen LogP contribution in [0.25, 0.3) is 0 Å². The summed E-state index contributed by atoms with van der Waals surface area (Å²) in [4.78, 5) is 0. The van der Waals surface area contributed by atoms with Gasteiger partial charge in [0.1, 0.15) is 0 Å². The quantitative estimate of drug-likeness (QED) is 0.707. The van der Waals surface area contributed by atoms with Crippen molar-refractivity contribution in [2.45, 2.75) is 45.6 Å². The van der Waals surface area contributed by atoms with Crippen molar-refractivity contribution in [3.05, 3.63) is 0 Å². The van der Waals surface area contributed by atoms with Gasteiger partial charge in [-0.05, 0) is 46.2 Å². The van der Waals surface area contributed by atoms with Crippen molar-refractivity contribution in [2.75, 3.05) is 33.2 Å². The first-order valence-corrected chi connectivity index (χ1v) is 8.17. The van der Waals surface area contributed by atoms with Crippen molar-refractivity contribution in [1.29, 1.82) is 0 Å². The first kappa shape index (κ1) is 15.9. The van der Waals surface area contributed by atoms with Crippen molar-refractivity contribution in [2.24, 2.45) is 0 Å². The van der Waals surface area contributed by atoms with Gasteiger partial charge in [-0.1, -0.05) is 6.92 Å². The molecule has 0 aromatic rings. The minimum Gasteiger partial charge on any atom is -0.317 e. The lowest BCUT2D eigenvalue weighted by Gasteiger charge is -2.33. The maximum absolute atomic E-state index is 12.4. The van der Waals surface area contributed by atoms with Gasteiger partial charge >= 0.3 is 0 Å². The van der Waals surface area contributed by atoms with E-state index in [1.807, 2.05) is 20.8 Å². The van der Waals surface area contributed by atoms with Crippen molar-refractivity contribution < 1.29 is 8.42 Å². The fraction of sp³-hybridized carbons (Fsp3) is 1.00. The van der Waals surface area contributed by atoms with E-state index in [9.17, 15) is 8.42 Å². The SMILES string of the molecule is CCNCCCN(C)S(=O)(=O)N1CCCC1(C)C. The van der Waals surface area contributed by atoms with Crippen LogP contribution in [-0.2, 0) is 10.2 Å². The summed E-state index contributed by atoms with van der Waals surface area (Å²) >= 11 is 0. The van der Waals surface area contributed by atoms with Crippen LogP contribution in [0, 0.1) is 0 Å². The summed E-state index contributed by atoms with van der Waals surface area (Å²) in [6.07, 6.45) is 2.74. The molecular weight excluding hydrogens is 250 g/mol. The summed E-state index contributed by atoms with van der Waals surface area (Å²) in [6, 6.07) is 0. The third kappa shape index (κ3) is 3.66. The Morgan fingerprint density at radius 3 is 2.56 bits per heavy atom. The Morgan fingerprint density at radius 1 is 1.39 bits per heavy atom. The van der Waals surface area contributed by atoms with E-state index in [2.05, 4.69) is 5.32 Å². The lowest BCUT2D eigenvalue weighted by atomic mass is 10.0. The molecule has 5 nitrogen and oxygen atoms in total. The molecule has 0 atom stereocenters. The Balaban J connectivity index is 2.57. The Hall–Kier alpha value is -0.170. The highest BCUT2D eigenvalue weighted by Gasteiger charge is 2.41. The van der Waals surface area contributed by atoms with E-state index in [1.165, 1.54) is 4.31 Å². The number of nitrogens with zero attached hydrogens (tertiary/aromatic N) is 2. The van der Waals surface area contributed by atoms with Crippen LogP contribution in [0.1, 0.15) is 40.0 Å². The Kier molecular flexibility index (Phi) is 5.58. The molecule has 6 heteroatoms. The summed E-state index contributed by atoms with van der Waals surface area (Å²) in [5.74, 6) is 0. The Bertz CT molecular complexity index is 354. The third-order valence-electron chi connectivity index (χ3n) is 3.57. The second-order valence-corrected chi connectivity index (χ2v) is 7.48. The highest BCUT2D eigenvalue weighted by molar-refractivity contribution is 7.86. The van der Waals surface area contributed by atoms with Crippen molar-refractivity contribution >= 4 is 10.2 Å². The minimum atomic E-state index is -3.29. The predicted molar refractivity (Wildman–Crippen MR) is 74.7 cm³/mol. The maximum atomic E-state index is 12.4. The molecule has 1 aliphatic rings. The molecule has 0 unspecified atom stereocenters. The highest BCUT2D eigenvalue weighted by atomic mass is 32.2. The largest absolute Gasteiger partial charge is 0.317 e. The average Bonchev–Trinajstić information content (AvgIpc) is 2.64. The molecule has 1 fully saturated rings. The zero-order chi connectivity index (χ0) is 13.8. The standard InChI is InChI=1S/C12H27N3O2S/c1-5-13-9-7-10-14(4)18(16,17)15-11-6-8-12(15,2)3/h13H,5-11H2,1-4H3. The minimum absolute atomic E-state index is 0.241. The zero-order valence-corrected chi connectivity index (χ0v) is 12.9. The van der Waals surface area contributed by atoms with Gasteiger partial charge in [0.25, 0.3) is 10.2 Å². The molecule has 1 heterocycles. The van der Waals surface area contributed by atoms with Gasteiger partial charge in [-0.3, -0.25) is 0 Å². The summed E-state index contributed by atoms with van der Waals surface area (Å²) < 4.78 is 28.0. The van der Waals surface area contributed by atoms with Crippen LogP contribution in [0.3, 0.4) is 0 Å². The van der Waals surface area contributed by atoms with Gasteiger partial charge in [0, 0.05) is 25.7 Å². The lowest BCUT2D eigenvalue weighted by molar-refractivity contribution is 0.269. The smallest absolute Gasteiger partial charge is 0.282 e. The number of hydrogen-bond acceptors (Lipinski definition) is 3. The molecule has 0 aromatic carbocycles.